The molecule has 2 aliphatic heterocycles. The predicted molar refractivity (Wildman–Crippen MR) is 93.6 cm³/mol. The SMILES string of the molecule is COc1cc(C(=O)N2CCC(CN3CCOCC3)CC2)ccc1C. The first-order valence-corrected chi connectivity index (χ1v) is 8.91. The number of nitrogens with zero attached hydrogens (tertiary/aromatic N) is 2. The van der Waals surface area contributed by atoms with Crippen LogP contribution in [0.15, 0.2) is 18.2 Å². The second-order valence-corrected chi connectivity index (χ2v) is 6.83. The summed E-state index contributed by atoms with van der Waals surface area (Å²) in [6.07, 6.45) is 2.18. The first-order chi connectivity index (χ1) is 11.7. The number of benzene rings is 1. The number of ether oxygens (including phenoxy) is 2. The first kappa shape index (κ1) is 17.2. The summed E-state index contributed by atoms with van der Waals surface area (Å²) in [5.41, 5.74) is 1.78. The summed E-state index contributed by atoms with van der Waals surface area (Å²) in [5.74, 6) is 1.60. The van der Waals surface area contributed by atoms with Crippen molar-refractivity contribution in [3.05, 3.63) is 29.3 Å². The topological polar surface area (TPSA) is 42.0 Å². The zero-order chi connectivity index (χ0) is 16.9. The number of amides is 1. The van der Waals surface area contributed by atoms with Gasteiger partial charge in [0.15, 0.2) is 0 Å². The summed E-state index contributed by atoms with van der Waals surface area (Å²) in [6.45, 7) is 8.63. The van der Waals surface area contributed by atoms with Crippen molar-refractivity contribution in [2.24, 2.45) is 5.92 Å². The molecule has 132 valence electrons. The van der Waals surface area contributed by atoms with E-state index in [1.54, 1.807) is 7.11 Å². The quantitative estimate of drug-likeness (QED) is 0.848. The Morgan fingerprint density at radius 1 is 1.21 bits per heavy atom. The lowest BCUT2D eigenvalue weighted by molar-refractivity contribution is 0.0243. The molecule has 1 aromatic rings. The van der Waals surface area contributed by atoms with Crippen LogP contribution in [0.25, 0.3) is 0 Å². The van der Waals surface area contributed by atoms with Crippen molar-refractivity contribution in [1.29, 1.82) is 0 Å². The maximum Gasteiger partial charge on any atom is 0.253 e. The van der Waals surface area contributed by atoms with Crippen LogP contribution < -0.4 is 4.74 Å². The van der Waals surface area contributed by atoms with Crippen molar-refractivity contribution in [2.45, 2.75) is 19.8 Å². The number of methoxy groups -OCH3 is 1. The molecule has 0 atom stereocenters. The molecule has 0 unspecified atom stereocenters. The zero-order valence-electron chi connectivity index (χ0n) is 14.8. The summed E-state index contributed by atoms with van der Waals surface area (Å²) in [7, 11) is 1.65. The maximum absolute atomic E-state index is 12.7. The van der Waals surface area contributed by atoms with E-state index in [2.05, 4.69) is 4.90 Å². The van der Waals surface area contributed by atoms with Crippen LogP contribution in [0.1, 0.15) is 28.8 Å². The highest BCUT2D eigenvalue weighted by Crippen LogP contribution is 2.23. The van der Waals surface area contributed by atoms with E-state index >= 15 is 0 Å². The standard InChI is InChI=1S/C19H28N2O3/c1-15-3-4-17(13-18(15)23-2)19(22)21-7-5-16(6-8-21)14-20-9-11-24-12-10-20/h3-4,13,16H,5-12,14H2,1-2H3. The number of piperidine rings is 1. The highest BCUT2D eigenvalue weighted by Gasteiger charge is 2.25. The number of morpholine rings is 1. The molecule has 2 aliphatic rings. The summed E-state index contributed by atoms with van der Waals surface area (Å²) < 4.78 is 10.7. The van der Waals surface area contributed by atoms with Crippen molar-refractivity contribution >= 4 is 5.91 Å². The summed E-state index contributed by atoms with van der Waals surface area (Å²) in [5, 5.41) is 0. The van der Waals surface area contributed by atoms with Gasteiger partial charge in [0.2, 0.25) is 0 Å². The molecule has 2 heterocycles. The van der Waals surface area contributed by atoms with E-state index in [0.717, 1.165) is 75.7 Å². The van der Waals surface area contributed by atoms with Gasteiger partial charge in [-0.1, -0.05) is 6.07 Å². The van der Waals surface area contributed by atoms with Crippen molar-refractivity contribution in [3.63, 3.8) is 0 Å². The molecule has 0 radical (unpaired) electrons. The minimum atomic E-state index is 0.123. The normalized spacial score (nSPS) is 20.2. The van der Waals surface area contributed by atoms with Crippen LogP contribution in [0.5, 0.6) is 5.75 Å². The molecule has 3 rings (SSSR count). The largest absolute Gasteiger partial charge is 0.496 e. The smallest absolute Gasteiger partial charge is 0.253 e. The van der Waals surface area contributed by atoms with Crippen molar-refractivity contribution in [3.8, 4) is 5.75 Å². The minimum Gasteiger partial charge on any atom is -0.496 e. The minimum absolute atomic E-state index is 0.123. The van der Waals surface area contributed by atoms with Gasteiger partial charge < -0.3 is 14.4 Å². The van der Waals surface area contributed by atoms with E-state index in [1.807, 2.05) is 30.0 Å². The molecule has 2 fully saturated rings. The predicted octanol–water partition coefficient (Wildman–Crippen LogP) is 2.19. The van der Waals surface area contributed by atoms with Gasteiger partial charge in [0.25, 0.3) is 5.91 Å². The lowest BCUT2D eigenvalue weighted by Gasteiger charge is -2.36. The average molecular weight is 332 g/mol. The van der Waals surface area contributed by atoms with Crippen LogP contribution >= 0.6 is 0 Å². The van der Waals surface area contributed by atoms with E-state index in [-0.39, 0.29) is 5.91 Å². The van der Waals surface area contributed by atoms with E-state index in [4.69, 9.17) is 9.47 Å². The highest BCUT2D eigenvalue weighted by molar-refractivity contribution is 5.94. The molecule has 0 N–H and O–H groups in total. The molecule has 24 heavy (non-hydrogen) atoms. The van der Waals surface area contributed by atoms with Crippen molar-refractivity contribution < 1.29 is 14.3 Å². The van der Waals surface area contributed by atoms with Crippen LogP contribution in [0.2, 0.25) is 0 Å². The number of carbonyl (C=O) groups is 1. The molecule has 2 saturated heterocycles. The van der Waals surface area contributed by atoms with Gasteiger partial charge in [-0.2, -0.15) is 0 Å². The summed E-state index contributed by atoms with van der Waals surface area (Å²) in [4.78, 5) is 17.2. The fourth-order valence-electron chi connectivity index (χ4n) is 3.60. The Hall–Kier alpha value is -1.59. The molecule has 0 aromatic heterocycles. The molecular weight excluding hydrogens is 304 g/mol. The molecule has 0 saturated carbocycles. The molecule has 0 spiro atoms. The van der Waals surface area contributed by atoms with Crippen LogP contribution in [-0.4, -0.2) is 68.8 Å². The van der Waals surface area contributed by atoms with Crippen molar-refractivity contribution in [2.75, 3.05) is 53.0 Å². The Morgan fingerprint density at radius 3 is 2.58 bits per heavy atom. The van der Waals surface area contributed by atoms with Gasteiger partial charge in [0, 0.05) is 38.3 Å². The van der Waals surface area contributed by atoms with Crippen LogP contribution in [-0.2, 0) is 4.74 Å². The van der Waals surface area contributed by atoms with Crippen molar-refractivity contribution in [1.82, 2.24) is 9.80 Å². The Bertz CT molecular complexity index is 562. The lowest BCUT2D eigenvalue weighted by Crippen LogP contribution is -2.44. The van der Waals surface area contributed by atoms with Gasteiger partial charge in [-0.05, 0) is 43.4 Å². The van der Waals surface area contributed by atoms with Gasteiger partial charge >= 0.3 is 0 Å². The number of carbonyl (C=O) groups excluding carboxylic acids is 1. The van der Waals surface area contributed by atoms with Gasteiger partial charge in [0.05, 0.1) is 20.3 Å². The van der Waals surface area contributed by atoms with E-state index in [0.29, 0.717) is 5.92 Å². The Labute approximate surface area is 144 Å². The maximum atomic E-state index is 12.7. The Kier molecular flexibility index (Phi) is 5.74. The van der Waals surface area contributed by atoms with Gasteiger partial charge in [-0.3, -0.25) is 9.69 Å². The average Bonchev–Trinajstić information content (AvgIpc) is 2.63. The van der Waals surface area contributed by atoms with Gasteiger partial charge in [0.1, 0.15) is 5.75 Å². The molecule has 5 heteroatoms. The molecule has 5 nitrogen and oxygen atoms in total. The number of likely N-dealkylation sites (tertiary alicyclic amines) is 1. The fourth-order valence-corrected chi connectivity index (χ4v) is 3.60. The second-order valence-electron chi connectivity index (χ2n) is 6.83. The summed E-state index contributed by atoms with van der Waals surface area (Å²) in [6, 6.07) is 5.72. The van der Waals surface area contributed by atoms with Gasteiger partial charge in [-0.25, -0.2) is 0 Å². The first-order valence-electron chi connectivity index (χ1n) is 8.91. The number of hydrogen-bond donors (Lipinski definition) is 0. The fraction of sp³-hybridized carbons (Fsp3) is 0.632. The van der Waals surface area contributed by atoms with Crippen LogP contribution in [0.4, 0.5) is 0 Å². The molecule has 0 aliphatic carbocycles. The molecular formula is C19H28N2O3. The lowest BCUT2D eigenvalue weighted by atomic mass is 9.95. The van der Waals surface area contributed by atoms with E-state index < -0.39 is 0 Å². The monoisotopic (exact) mass is 332 g/mol. The van der Waals surface area contributed by atoms with E-state index in [1.165, 1.54) is 0 Å². The molecule has 0 bridgehead atoms. The molecule has 1 aromatic carbocycles. The number of aryl methyl sites for hydroxylation is 1. The highest BCUT2D eigenvalue weighted by atomic mass is 16.5. The molecule has 1 amide bonds. The van der Waals surface area contributed by atoms with Crippen LogP contribution in [0.3, 0.4) is 0 Å². The number of hydrogen-bond acceptors (Lipinski definition) is 4. The summed E-state index contributed by atoms with van der Waals surface area (Å²) >= 11 is 0. The van der Waals surface area contributed by atoms with Gasteiger partial charge in [-0.15, -0.1) is 0 Å². The Balaban J connectivity index is 1.53. The van der Waals surface area contributed by atoms with E-state index in [9.17, 15) is 4.79 Å². The Morgan fingerprint density at radius 2 is 1.92 bits per heavy atom. The third kappa shape index (κ3) is 4.08. The second kappa shape index (κ2) is 7.99. The number of rotatable bonds is 4. The zero-order valence-corrected chi connectivity index (χ0v) is 14.8. The third-order valence-corrected chi connectivity index (χ3v) is 5.18. The van der Waals surface area contributed by atoms with Crippen LogP contribution in [0, 0.1) is 12.8 Å². The third-order valence-electron chi connectivity index (χ3n) is 5.18.